The highest BCUT2D eigenvalue weighted by Gasteiger charge is 2.07. The smallest absolute Gasteiger partial charge is 0.330 e. The van der Waals surface area contributed by atoms with Crippen molar-refractivity contribution >= 4 is 35.2 Å². The van der Waals surface area contributed by atoms with E-state index in [9.17, 15) is 4.79 Å². The first-order valence-electron chi connectivity index (χ1n) is 7.69. The molecule has 2 aromatic carbocycles. The minimum absolute atomic E-state index is 0.0555. The highest BCUT2D eigenvalue weighted by molar-refractivity contribution is 6.37. The molecule has 0 spiro atoms. The maximum atomic E-state index is 11.8. The summed E-state index contributed by atoms with van der Waals surface area (Å²) in [5, 5.41) is 0.794. The van der Waals surface area contributed by atoms with Crippen LogP contribution in [0.1, 0.15) is 5.56 Å². The fourth-order valence-corrected chi connectivity index (χ4v) is 2.59. The van der Waals surface area contributed by atoms with Crippen LogP contribution in [0, 0.1) is 0 Å². The van der Waals surface area contributed by atoms with Crippen molar-refractivity contribution in [2.45, 2.75) is 0 Å². The fraction of sp³-hybridized carbons (Fsp3) is 0.211. The SMILES string of the molecule is COc1ccc(OC)c(/C=C/C(=O)OCCOc2c(Cl)cccc2Cl)c1. The molecule has 0 N–H and O–H groups in total. The van der Waals surface area contributed by atoms with Crippen molar-refractivity contribution in [3.05, 3.63) is 58.1 Å². The summed E-state index contributed by atoms with van der Waals surface area (Å²) in [6, 6.07) is 10.3. The van der Waals surface area contributed by atoms with Gasteiger partial charge in [-0.25, -0.2) is 4.79 Å². The Hall–Kier alpha value is -2.37. The Labute approximate surface area is 162 Å². The predicted octanol–water partition coefficient (Wildman–Crippen LogP) is 4.65. The molecule has 2 rings (SSSR count). The molecule has 0 aliphatic rings. The van der Waals surface area contributed by atoms with E-state index in [1.165, 1.54) is 6.08 Å². The van der Waals surface area contributed by atoms with Crippen molar-refractivity contribution in [2.75, 3.05) is 27.4 Å². The zero-order valence-corrected chi connectivity index (χ0v) is 15.8. The van der Waals surface area contributed by atoms with Gasteiger partial charge in [-0.2, -0.15) is 0 Å². The Balaban J connectivity index is 1.86. The first-order chi connectivity index (χ1) is 12.5. The van der Waals surface area contributed by atoms with Gasteiger partial charge in [0.1, 0.15) is 24.7 Å². The van der Waals surface area contributed by atoms with Crippen molar-refractivity contribution in [2.24, 2.45) is 0 Å². The zero-order chi connectivity index (χ0) is 18.9. The maximum Gasteiger partial charge on any atom is 0.330 e. The summed E-state index contributed by atoms with van der Waals surface area (Å²) in [6.07, 6.45) is 2.90. The highest BCUT2D eigenvalue weighted by atomic mass is 35.5. The predicted molar refractivity (Wildman–Crippen MR) is 101 cm³/mol. The molecule has 0 bridgehead atoms. The number of hydrogen-bond donors (Lipinski definition) is 0. The molecule has 0 aliphatic heterocycles. The number of methoxy groups -OCH3 is 2. The largest absolute Gasteiger partial charge is 0.497 e. The van der Waals surface area contributed by atoms with Gasteiger partial charge in [0.15, 0.2) is 5.75 Å². The number of benzene rings is 2. The molecule has 0 aliphatic carbocycles. The fourth-order valence-electron chi connectivity index (χ4n) is 2.08. The van der Waals surface area contributed by atoms with Gasteiger partial charge in [-0.3, -0.25) is 0 Å². The number of halogens is 2. The number of carbonyl (C=O) groups excluding carboxylic acids is 1. The van der Waals surface area contributed by atoms with Gasteiger partial charge in [0.2, 0.25) is 0 Å². The van der Waals surface area contributed by atoms with Crippen LogP contribution in [0.3, 0.4) is 0 Å². The molecule has 0 amide bonds. The summed E-state index contributed by atoms with van der Waals surface area (Å²) in [5.41, 5.74) is 0.697. The van der Waals surface area contributed by atoms with E-state index < -0.39 is 5.97 Å². The molecule has 0 fully saturated rings. The molecule has 0 atom stereocenters. The monoisotopic (exact) mass is 396 g/mol. The third kappa shape index (κ3) is 5.58. The van der Waals surface area contributed by atoms with Crippen LogP contribution in [-0.4, -0.2) is 33.4 Å². The maximum absolute atomic E-state index is 11.8. The number of esters is 1. The van der Waals surface area contributed by atoms with Crippen molar-refractivity contribution in [3.8, 4) is 17.2 Å². The Morgan fingerprint density at radius 1 is 1.04 bits per heavy atom. The number of hydrogen-bond acceptors (Lipinski definition) is 5. The molecule has 0 unspecified atom stereocenters. The van der Waals surface area contributed by atoms with Gasteiger partial charge < -0.3 is 18.9 Å². The zero-order valence-electron chi connectivity index (χ0n) is 14.3. The molecule has 138 valence electrons. The quantitative estimate of drug-likeness (QED) is 0.369. The topological polar surface area (TPSA) is 54.0 Å². The van der Waals surface area contributed by atoms with Crippen molar-refractivity contribution in [1.82, 2.24) is 0 Å². The molecule has 0 heterocycles. The summed E-state index contributed by atoms with van der Waals surface area (Å²) < 4.78 is 20.9. The van der Waals surface area contributed by atoms with Crippen molar-refractivity contribution < 1.29 is 23.7 Å². The lowest BCUT2D eigenvalue weighted by atomic mass is 10.1. The molecule has 0 aromatic heterocycles. The molecule has 7 heteroatoms. The first-order valence-corrected chi connectivity index (χ1v) is 8.44. The van der Waals surface area contributed by atoms with E-state index in [1.54, 1.807) is 56.7 Å². The van der Waals surface area contributed by atoms with E-state index in [4.69, 9.17) is 42.1 Å². The van der Waals surface area contributed by atoms with Crippen LogP contribution < -0.4 is 14.2 Å². The molecule has 0 saturated heterocycles. The number of carbonyl (C=O) groups is 1. The molecule has 5 nitrogen and oxygen atoms in total. The first kappa shape index (κ1) is 19.9. The van der Waals surface area contributed by atoms with Gasteiger partial charge in [-0.05, 0) is 36.4 Å². The second kappa shape index (κ2) is 9.94. The van der Waals surface area contributed by atoms with Crippen LogP contribution in [-0.2, 0) is 9.53 Å². The third-order valence-electron chi connectivity index (χ3n) is 3.33. The summed E-state index contributed by atoms with van der Waals surface area (Å²) in [4.78, 5) is 11.8. The summed E-state index contributed by atoms with van der Waals surface area (Å²) in [6.45, 7) is 0.186. The second-order valence-corrected chi connectivity index (χ2v) is 5.82. The summed E-state index contributed by atoms with van der Waals surface area (Å²) in [7, 11) is 3.11. The molecule has 0 radical (unpaired) electrons. The minimum atomic E-state index is -0.510. The van der Waals surface area contributed by atoms with E-state index >= 15 is 0 Å². The number of rotatable bonds is 8. The minimum Gasteiger partial charge on any atom is -0.497 e. The van der Waals surface area contributed by atoms with E-state index in [2.05, 4.69) is 0 Å². The second-order valence-electron chi connectivity index (χ2n) is 5.01. The van der Waals surface area contributed by atoms with E-state index in [-0.39, 0.29) is 13.2 Å². The van der Waals surface area contributed by atoms with Crippen LogP contribution in [0.5, 0.6) is 17.2 Å². The molecule has 26 heavy (non-hydrogen) atoms. The van der Waals surface area contributed by atoms with Crippen LogP contribution in [0.4, 0.5) is 0 Å². The van der Waals surface area contributed by atoms with Crippen molar-refractivity contribution in [3.63, 3.8) is 0 Å². The summed E-state index contributed by atoms with van der Waals surface area (Å²) in [5.74, 6) is 1.13. The molecule has 2 aromatic rings. The van der Waals surface area contributed by atoms with Crippen LogP contribution >= 0.6 is 23.2 Å². The van der Waals surface area contributed by atoms with Gasteiger partial charge in [0, 0.05) is 11.6 Å². The molecular weight excluding hydrogens is 379 g/mol. The Morgan fingerprint density at radius 2 is 1.77 bits per heavy atom. The van der Waals surface area contributed by atoms with Crippen LogP contribution in [0.2, 0.25) is 10.0 Å². The third-order valence-corrected chi connectivity index (χ3v) is 3.92. The highest BCUT2D eigenvalue weighted by Crippen LogP contribution is 2.32. The number of ether oxygens (including phenoxy) is 4. The van der Waals surface area contributed by atoms with E-state index in [1.807, 2.05) is 0 Å². The van der Waals surface area contributed by atoms with Gasteiger partial charge in [0.25, 0.3) is 0 Å². The van der Waals surface area contributed by atoms with Crippen LogP contribution in [0.25, 0.3) is 6.08 Å². The van der Waals surface area contributed by atoms with Gasteiger partial charge in [-0.1, -0.05) is 29.3 Å². The molecular formula is C19H18Cl2O5. The average molecular weight is 397 g/mol. The van der Waals surface area contributed by atoms with E-state index in [0.29, 0.717) is 32.9 Å². The Kier molecular flexibility index (Phi) is 7.63. The normalized spacial score (nSPS) is 10.6. The standard InChI is InChI=1S/C19H18Cl2O5/c1-23-14-7-8-17(24-2)13(12-14)6-9-18(22)25-10-11-26-19-15(20)4-3-5-16(19)21/h3-9,12H,10-11H2,1-2H3/b9-6+. The Bertz CT molecular complexity index is 769. The lowest BCUT2D eigenvalue weighted by Gasteiger charge is -2.09. The van der Waals surface area contributed by atoms with Crippen molar-refractivity contribution in [1.29, 1.82) is 0 Å². The lowest BCUT2D eigenvalue weighted by molar-refractivity contribution is -0.138. The van der Waals surface area contributed by atoms with Crippen LogP contribution in [0.15, 0.2) is 42.5 Å². The number of para-hydroxylation sites is 1. The van der Waals surface area contributed by atoms with E-state index in [0.717, 1.165) is 0 Å². The van der Waals surface area contributed by atoms with Gasteiger partial charge in [-0.15, -0.1) is 0 Å². The van der Waals surface area contributed by atoms with Gasteiger partial charge in [0.05, 0.1) is 24.3 Å². The lowest BCUT2D eigenvalue weighted by Crippen LogP contribution is -2.10. The average Bonchev–Trinajstić information content (AvgIpc) is 2.65. The Morgan fingerprint density at radius 3 is 2.42 bits per heavy atom. The van der Waals surface area contributed by atoms with Gasteiger partial charge >= 0.3 is 5.97 Å². The summed E-state index contributed by atoms with van der Waals surface area (Å²) >= 11 is 12.0. The molecule has 0 saturated carbocycles.